The first-order valence-corrected chi connectivity index (χ1v) is 10.0. The molecule has 0 unspecified atom stereocenters. The Bertz CT molecular complexity index is 1590. The van der Waals surface area contributed by atoms with Gasteiger partial charge in [0.25, 0.3) is 0 Å². The van der Waals surface area contributed by atoms with E-state index in [1.54, 1.807) is 29.8 Å². The number of fused-ring (bicyclic) bond motifs is 3. The van der Waals surface area contributed by atoms with Crippen molar-refractivity contribution in [3.05, 3.63) is 76.6 Å². The van der Waals surface area contributed by atoms with Crippen LogP contribution in [0.2, 0.25) is 0 Å². The molecule has 0 bridgehead atoms. The summed E-state index contributed by atoms with van der Waals surface area (Å²) in [7, 11) is 1.62. The Morgan fingerprint density at radius 2 is 2.00 bits per heavy atom. The smallest absolute Gasteiger partial charge is 0.330 e. The lowest BCUT2D eigenvalue weighted by Crippen LogP contribution is -2.31. The van der Waals surface area contributed by atoms with Gasteiger partial charge in [0, 0.05) is 19.5 Å². The molecule has 4 heterocycles. The molecule has 0 fully saturated rings. The molecule has 2 aromatic carbocycles. The first-order chi connectivity index (χ1) is 15.5. The van der Waals surface area contributed by atoms with E-state index < -0.39 is 17.7 Å². The molecule has 0 radical (unpaired) electrons. The number of aromatic nitrogens is 6. The zero-order valence-electron chi connectivity index (χ0n) is 16.9. The fourth-order valence-electron chi connectivity index (χ4n) is 4.31. The molecule has 1 atom stereocenters. The van der Waals surface area contributed by atoms with Gasteiger partial charge in [-0.1, -0.05) is 6.07 Å². The van der Waals surface area contributed by atoms with Gasteiger partial charge in [-0.2, -0.15) is 4.98 Å². The maximum Gasteiger partial charge on any atom is 0.330 e. The predicted molar refractivity (Wildman–Crippen MR) is 112 cm³/mol. The van der Waals surface area contributed by atoms with E-state index in [-0.39, 0.29) is 11.6 Å². The van der Waals surface area contributed by atoms with Gasteiger partial charge in [0.05, 0.1) is 35.4 Å². The average molecular weight is 434 g/mol. The molecule has 5 aromatic rings. The van der Waals surface area contributed by atoms with Crippen LogP contribution >= 0.6 is 0 Å². The van der Waals surface area contributed by atoms with Crippen molar-refractivity contribution in [2.24, 2.45) is 7.05 Å². The van der Waals surface area contributed by atoms with Gasteiger partial charge in [-0.25, -0.2) is 23.5 Å². The van der Waals surface area contributed by atoms with Crippen molar-refractivity contribution in [2.75, 3.05) is 6.61 Å². The number of rotatable bonds is 2. The fourth-order valence-corrected chi connectivity index (χ4v) is 4.31. The van der Waals surface area contributed by atoms with Crippen molar-refractivity contribution in [3.8, 4) is 11.7 Å². The number of halogens is 2. The van der Waals surface area contributed by atoms with Gasteiger partial charge in [0.2, 0.25) is 5.95 Å². The van der Waals surface area contributed by atoms with Crippen LogP contribution in [0.4, 0.5) is 8.78 Å². The lowest BCUT2D eigenvalue weighted by atomic mass is 9.99. The van der Waals surface area contributed by atoms with E-state index in [0.29, 0.717) is 46.5 Å². The normalized spacial score (nSPS) is 15.8. The molecule has 0 saturated heterocycles. The highest BCUT2D eigenvalue weighted by Gasteiger charge is 2.30. The van der Waals surface area contributed by atoms with Gasteiger partial charge >= 0.3 is 5.69 Å². The summed E-state index contributed by atoms with van der Waals surface area (Å²) in [5.41, 5.74) is 1.91. The molecule has 8 nitrogen and oxygen atoms in total. The zero-order chi connectivity index (χ0) is 22.0. The highest BCUT2D eigenvalue weighted by atomic mass is 19.1. The van der Waals surface area contributed by atoms with Crippen LogP contribution in [0.1, 0.15) is 18.0 Å². The number of hydrogen-bond acceptors (Lipinski definition) is 5. The van der Waals surface area contributed by atoms with Gasteiger partial charge in [0.15, 0.2) is 5.65 Å². The molecule has 0 saturated carbocycles. The summed E-state index contributed by atoms with van der Waals surface area (Å²) in [4.78, 5) is 26.5. The summed E-state index contributed by atoms with van der Waals surface area (Å²) in [6.07, 6.45) is 3.44. The largest absolute Gasteiger partial charge is 0.493 e. The van der Waals surface area contributed by atoms with E-state index in [4.69, 9.17) is 4.74 Å². The Morgan fingerprint density at radius 1 is 1.12 bits per heavy atom. The Balaban J connectivity index is 1.60. The van der Waals surface area contributed by atoms with Crippen LogP contribution in [0.5, 0.6) is 5.75 Å². The minimum absolute atomic E-state index is 0.228. The lowest BCUT2D eigenvalue weighted by molar-refractivity contribution is 0.250. The molecule has 0 N–H and O–H groups in total. The molecule has 1 aliphatic heterocycles. The molecule has 6 rings (SSSR count). The molecule has 0 amide bonds. The number of hydrogen-bond donors (Lipinski definition) is 0. The summed E-state index contributed by atoms with van der Waals surface area (Å²) < 4.78 is 38.7. The van der Waals surface area contributed by atoms with E-state index in [1.165, 1.54) is 39.9 Å². The summed E-state index contributed by atoms with van der Waals surface area (Å²) in [6.45, 7) is 0.341. The number of aryl methyl sites for hydroxylation is 1. The van der Waals surface area contributed by atoms with Crippen LogP contribution in [-0.2, 0) is 7.05 Å². The second-order valence-electron chi connectivity index (χ2n) is 7.64. The highest BCUT2D eigenvalue weighted by molar-refractivity contribution is 5.77. The monoisotopic (exact) mass is 434 g/mol. The van der Waals surface area contributed by atoms with E-state index in [2.05, 4.69) is 15.0 Å². The van der Waals surface area contributed by atoms with Crippen molar-refractivity contribution >= 4 is 22.2 Å². The predicted octanol–water partition coefficient (Wildman–Crippen LogP) is 3.12. The third-order valence-electron chi connectivity index (χ3n) is 5.85. The maximum atomic E-state index is 14.8. The molecular formula is C22H16F2N6O2. The number of imidazole rings is 2. The molecule has 10 heteroatoms. The van der Waals surface area contributed by atoms with Crippen LogP contribution in [0, 0.1) is 11.6 Å². The Morgan fingerprint density at radius 3 is 2.88 bits per heavy atom. The van der Waals surface area contributed by atoms with Crippen molar-refractivity contribution < 1.29 is 13.5 Å². The Kier molecular flexibility index (Phi) is 3.91. The van der Waals surface area contributed by atoms with Crippen molar-refractivity contribution in [1.82, 2.24) is 28.7 Å². The first-order valence-electron chi connectivity index (χ1n) is 10.0. The Hall–Kier alpha value is -4.08. The second-order valence-corrected chi connectivity index (χ2v) is 7.64. The topological polar surface area (TPSA) is 79.8 Å². The van der Waals surface area contributed by atoms with Gasteiger partial charge < -0.3 is 4.74 Å². The van der Waals surface area contributed by atoms with E-state index in [1.807, 2.05) is 0 Å². The van der Waals surface area contributed by atoms with Gasteiger partial charge in [-0.3, -0.25) is 13.7 Å². The molecule has 0 aliphatic carbocycles. The third-order valence-corrected chi connectivity index (χ3v) is 5.85. The second kappa shape index (κ2) is 6.71. The van der Waals surface area contributed by atoms with Gasteiger partial charge in [0.1, 0.15) is 29.2 Å². The fraction of sp³-hybridized carbons (Fsp3) is 0.182. The van der Waals surface area contributed by atoms with E-state index >= 15 is 0 Å². The summed E-state index contributed by atoms with van der Waals surface area (Å²) in [6, 6.07) is 8.27. The third kappa shape index (κ3) is 2.58. The molecule has 32 heavy (non-hydrogen) atoms. The summed E-state index contributed by atoms with van der Waals surface area (Å²) in [5.74, 6) is -0.214. The standard InChI is InChI=1S/C22H16F2N6O2/c1-28-17-10-25-21(29-11-26-14-6-5-12(23)9-16(14)29)27-20(17)30(22(28)31)15-7-8-32-18-4-2-3-13(24)19(15)18/h2-6,9-11,15H,7-8H2,1H3/t15-/m1/s1. The van der Waals surface area contributed by atoms with Crippen molar-refractivity contribution in [3.63, 3.8) is 0 Å². The van der Waals surface area contributed by atoms with Gasteiger partial charge in [-0.05, 0) is 24.3 Å². The van der Waals surface area contributed by atoms with Crippen LogP contribution < -0.4 is 10.4 Å². The van der Waals surface area contributed by atoms with Crippen LogP contribution in [0.25, 0.3) is 28.1 Å². The summed E-state index contributed by atoms with van der Waals surface area (Å²) in [5, 5.41) is 0. The quantitative estimate of drug-likeness (QED) is 0.427. The van der Waals surface area contributed by atoms with Crippen LogP contribution in [0.3, 0.4) is 0 Å². The number of ether oxygens (including phenoxy) is 1. The SMILES string of the molecule is Cn1c(=O)n([C@@H]2CCOc3cccc(F)c32)c2nc(-n3cnc4ccc(F)cc43)ncc21. The molecule has 0 spiro atoms. The molecule has 3 aromatic heterocycles. The minimum atomic E-state index is -0.587. The average Bonchev–Trinajstić information content (AvgIpc) is 3.32. The van der Waals surface area contributed by atoms with Crippen molar-refractivity contribution in [1.29, 1.82) is 0 Å². The maximum absolute atomic E-state index is 14.8. The number of benzene rings is 2. The van der Waals surface area contributed by atoms with Crippen LogP contribution in [-0.4, -0.2) is 35.3 Å². The number of nitrogens with zero attached hydrogens (tertiary/aromatic N) is 6. The zero-order valence-corrected chi connectivity index (χ0v) is 16.9. The summed E-state index contributed by atoms with van der Waals surface area (Å²) >= 11 is 0. The molecule has 160 valence electrons. The van der Waals surface area contributed by atoms with Gasteiger partial charge in [-0.15, -0.1) is 0 Å². The minimum Gasteiger partial charge on any atom is -0.493 e. The first kappa shape index (κ1) is 18.7. The van der Waals surface area contributed by atoms with Crippen LogP contribution in [0.15, 0.2) is 53.7 Å². The van der Waals surface area contributed by atoms with E-state index in [9.17, 15) is 13.6 Å². The molecular weight excluding hydrogens is 418 g/mol. The highest BCUT2D eigenvalue weighted by Crippen LogP contribution is 2.37. The lowest BCUT2D eigenvalue weighted by Gasteiger charge is -2.27. The van der Waals surface area contributed by atoms with Crippen molar-refractivity contribution in [2.45, 2.75) is 12.5 Å². The Labute approximate surface area is 179 Å². The molecule has 1 aliphatic rings. The van der Waals surface area contributed by atoms with E-state index in [0.717, 1.165) is 0 Å².